The van der Waals surface area contributed by atoms with Crippen LogP contribution in [0, 0.1) is 13.8 Å². The average Bonchev–Trinajstić information content (AvgIpc) is 2.81. The third kappa shape index (κ3) is 3.20. The first-order valence-electron chi connectivity index (χ1n) is 6.03. The highest BCUT2D eigenvalue weighted by Crippen LogP contribution is 2.10. The van der Waals surface area contributed by atoms with Gasteiger partial charge < -0.3 is 5.32 Å². The Balaban J connectivity index is 1.91. The molecule has 0 saturated heterocycles. The fraction of sp³-hybridized carbons (Fsp3) is 0.267. The van der Waals surface area contributed by atoms with Crippen molar-refractivity contribution in [3.05, 3.63) is 57.3 Å². The minimum Gasteiger partial charge on any atom is -0.352 e. The summed E-state index contributed by atoms with van der Waals surface area (Å²) in [6.45, 7) is 4.69. The van der Waals surface area contributed by atoms with Crippen molar-refractivity contribution < 1.29 is 4.79 Å². The van der Waals surface area contributed by atoms with Crippen LogP contribution in [0.1, 0.15) is 27.0 Å². The van der Waals surface area contributed by atoms with Crippen molar-refractivity contribution in [2.24, 2.45) is 0 Å². The van der Waals surface area contributed by atoms with Gasteiger partial charge in [0.05, 0.1) is 0 Å². The lowest BCUT2D eigenvalue weighted by Crippen LogP contribution is -2.26. The maximum atomic E-state index is 12.0. The molecule has 0 spiro atoms. The van der Waals surface area contributed by atoms with E-state index in [0.29, 0.717) is 6.54 Å². The summed E-state index contributed by atoms with van der Waals surface area (Å²) < 4.78 is 0. The molecule has 3 heteroatoms. The number of nitrogens with one attached hydrogen (secondary N) is 1. The van der Waals surface area contributed by atoms with Gasteiger partial charge in [0.15, 0.2) is 0 Å². The van der Waals surface area contributed by atoms with Gasteiger partial charge in [0.2, 0.25) is 0 Å². The molecule has 2 rings (SSSR count). The summed E-state index contributed by atoms with van der Waals surface area (Å²) in [5.41, 5.74) is 4.26. The van der Waals surface area contributed by atoms with E-state index >= 15 is 0 Å². The molecule has 2 nitrogen and oxygen atoms in total. The van der Waals surface area contributed by atoms with Crippen LogP contribution >= 0.6 is 11.3 Å². The SMILES string of the molecule is Cc1ccc(C(=O)NCCc2ccsc2)c(C)c1. The molecule has 1 amide bonds. The molecule has 18 heavy (non-hydrogen) atoms. The zero-order chi connectivity index (χ0) is 13.0. The molecule has 94 valence electrons. The van der Waals surface area contributed by atoms with E-state index in [4.69, 9.17) is 0 Å². The number of carbonyl (C=O) groups is 1. The Morgan fingerprint density at radius 1 is 1.28 bits per heavy atom. The number of hydrogen-bond acceptors (Lipinski definition) is 2. The van der Waals surface area contributed by atoms with Crippen LogP contribution in [0.5, 0.6) is 0 Å². The molecule has 0 unspecified atom stereocenters. The lowest BCUT2D eigenvalue weighted by atomic mass is 10.1. The van der Waals surface area contributed by atoms with Gasteiger partial charge in [-0.1, -0.05) is 17.7 Å². The molecule has 0 saturated carbocycles. The highest BCUT2D eigenvalue weighted by molar-refractivity contribution is 7.07. The first kappa shape index (κ1) is 12.8. The fourth-order valence-corrected chi connectivity index (χ4v) is 2.62. The number of aryl methyl sites for hydroxylation is 2. The molecule has 1 aromatic carbocycles. The number of hydrogen-bond donors (Lipinski definition) is 1. The number of rotatable bonds is 4. The van der Waals surface area contributed by atoms with Crippen LogP contribution in [0.4, 0.5) is 0 Å². The van der Waals surface area contributed by atoms with Crippen LogP contribution in [0.25, 0.3) is 0 Å². The molecule has 0 bridgehead atoms. The first-order chi connectivity index (χ1) is 8.66. The molecule has 0 atom stereocenters. The third-order valence-corrected chi connectivity index (χ3v) is 3.64. The average molecular weight is 259 g/mol. The Labute approximate surface area is 112 Å². The van der Waals surface area contributed by atoms with Crippen molar-refractivity contribution in [3.8, 4) is 0 Å². The molecule has 2 aromatic rings. The quantitative estimate of drug-likeness (QED) is 0.896. The normalized spacial score (nSPS) is 10.3. The second-order valence-electron chi connectivity index (χ2n) is 4.46. The summed E-state index contributed by atoms with van der Waals surface area (Å²) in [5.74, 6) is 0.0164. The van der Waals surface area contributed by atoms with E-state index in [-0.39, 0.29) is 5.91 Å². The molecule has 0 aliphatic heterocycles. The summed E-state index contributed by atoms with van der Waals surface area (Å²) in [4.78, 5) is 12.0. The van der Waals surface area contributed by atoms with Gasteiger partial charge in [-0.15, -0.1) is 0 Å². The summed E-state index contributed by atoms with van der Waals surface area (Å²) >= 11 is 1.69. The molecule has 1 N–H and O–H groups in total. The maximum Gasteiger partial charge on any atom is 0.251 e. The Morgan fingerprint density at radius 3 is 2.78 bits per heavy atom. The molecular formula is C15H17NOS. The van der Waals surface area contributed by atoms with E-state index in [0.717, 1.165) is 17.5 Å². The maximum absolute atomic E-state index is 12.0. The number of thiophene rings is 1. The molecule has 1 heterocycles. The highest BCUT2D eigenvalue weighted by atomic mass is 32.1. The van der Waals surface area contributed by atoms with E-state index in [1.54, 1.807) is 11.3 Å². The standard InChI is InChI=1S/C15H17NOS/c1-11-3-4-14(12(2)9-11)15(17)16-7-5-13-6-8-18-10-13/h3-4,6,8-10H,5,7H2,1-2H3,(H,16,17). The summed E-state index contributed by atoms with van der Waals surface area (Å²) in [7, 11) is 0. The fourth-order valence-electron chi connectivity index (χ4n) is 1.92. The van der Waals surface area contributed by atoms with Gasteiger partial charge in [0.25, 0.3) is 5.91 Å². The van der Waals surface area contributed by atoms with Crippen molar-refractivity contribution in [2.75, 3.05) is 6.54 Å². The van der Waals surface area contributed by atoms with Gasteiger partial charge >= 0.3 is 0 Å². The monoisotopic (exact) mass is 259 g/mol. The van der Waals surface area contributed by atoms with Gasteiger partial charge in [-0.25, -0.2) is 0 Å². The first-order valence-corrected chi connectivity index (χ1v) is 6.97. The van der Waals surface area contributed by atoms with E-state index < -0.39 is 0 Å². The Hall–Kier alpha value is -1.61. The van der Waals surface area contributed by atoms with Crippen LogP contribution in [0.3, 0.4) is 0 Å². The largest absolute Gasteiger partial charge is 0.352 e. The van der Waals surface area contributed by atoms with E-state index in [1.807, 2.05) is 32.0 Å². The van der Waals surface area contributed by atoms with Crippen molar-refractivity contribution >= 4 is 17.2 Å². The molecule has 0 radical (unpaired) electrons. The molecule has 1 aromatic heterocycles. The number of benzene rings is 1. The van der Waals surface area contributed by atoms with E-state index in [2.05, 4.69) is 22.1 Å². The van der Waals surface area contributed by atoms with Crippen molar-refractivity contribution in [1.82, 2.24) is 5.32 Å². The van der Waals surface area contributed by atoms with Gasteiger partial charge in [0, 0.05) is 12.1 Å². The molecular weight excluding hydrogens is 242 g/mol. The van der Waals surface area contributed by atoms with E-state index in [9.17, 15) is 4.79 Å². The summed E-state index contributed by atoms with van der Waals surface area (Å²) in [6.07, 6.45) is 0.889. The van der Waals surface area contributed by atoms with Gasteiger partial charge in [0.1, 0.15) is 0 Å². The zero-order valence-electron chi connectivity index (χ0n) is 10.7. The van der Waals surface area contributed by atoms with Crippen LogP contribution in [-0.2, 0) is 6.42 Å². The Kier molecular flexibility index (Phi) is 4.15. The second kappa shape index (κ2) is 5.83. The molecule has 0 fully saturated rings. The van der Waals surface area contributed by atoms with Crippen molar-refractivity contribution in [3.63, 3.8) is 0 Å². The third-order valence-electron chi connectivity index (χ3n) is 2.91. The van der Waals surface area contributed by atoms with Crippen LogP contribution in [0.2, 0.25) is 0 Å². The van der Waals surface area contributed by atoms with Gasteiger partial charge in [-0.2, -0.15) is 11.3 Å². The van der Waals surface area contributed by atoms with Crippen molar-refractivity contribution in [1.29, 1.82) is 0 Å². The lowest BCUT2D eigenvalue weighted by molar-refractivity contribution is 0.0953. The second-order valence-corrected chi connectivity index (χ2v) is 5.24. The van der Waals surface area contributed by atoms with Crippen LogP contribution in [0.15, 0.2) is 35.0 Å². The smallest absolute Gasteiger partial charge is 0.251 e. The minimum atomic E-state index is 0.0164. The predicted molar refractivity (Wildman–Crippen MR) is 76.3 cm³/mol. The topological polar surface area (TPSA) is 29.1 Å². The van der Waals surface area contributed by atoms with Gasteiger partial charge in [-0.05, 0) is 54.3 Å². The molecule has 0 aliphatic carbocycles. The number of carbonyl (C=O) groups excluding carboxylic acids is 1. The Bertz CT molecular complexity index is 531. The predicted octanol–water partition coefficient (Wildman–Crippen LogP) is 3.34. The van der Waals surface area contributed by atoms with Gasteiger partial charge in [-0.3, -0.25) is 4.79 Å². The summed E-state index contributed by atoms with van der Waals surface area (Å²) in [5, 5.41) is 7.13. The number of amides is 1. The Morgan fingerprint density at radius 2 is 2.11 bits per heavy atom. The lowest BCUT2D eigenvalue weighted by Gasteiger charge is -2.08. The van der Waals surface area contributed by atoms with E-state index in [1.165, 1.54) is 11.1 Å². The van der Waals surface area contributed by atoms with Crippen LogP contribution in [-0.4, -0.2) is 12.5 Å². The minimum absolute atomic E-state index is 0.0164. The molecule has 0 aliphatic rings. The zero-order valence-corrected chi connectivity index (χ0v) is 11.5. The summed E-state index contributed by atoms with van der Waals surface area (Å²) in [6, 6.07) is 7.99. The van der Waals surface area contributed by atoms with Crippen LogP contribution < -0.4 is 5.32 Å². The highest BCUT2D eigenvalue weighted by Gasteiger charge is 2.07. The van der Waals surface area contributed by atoms with Crippen molar-refractivity contribution in [2.45, 2.75) is 20.3 Å².